The molecule has 0 heterocycles. The van der Waals surface area contributed by atoms with E-state index in [1.54, 1.807) is 12.1 Å². The molecule has 13 heteroatoms. The second-order valence-corrected chi connectivity index (χ2v) is 8.84. The van der Waals surface area contributed by atoms with Crippen LogP contribution < -0.4 is 5.32 Å². The van der Waals surface area contributed by atoms with Crippen LogP contribution in [0.1, 0.15) is 0 Å². The minimum atomic E-state index is -4.83. The monoisotopic (exact) mass is 453 g/mol. The van der Waals surface area contributed by atoms with Gasteiger partial charge < -0.3 is 15.5 Å². The highest BCUT2D eigenvalue weighted by atomic mass is 32.2. The van der Waals surface area contributed by atoms with Gasteiger partial charge in [-0.25, -0.2) is 0 Å². The summed E-state index contributed by atoms with van der Waals surface area (Å²) in [6.45, 7) is 0. The number of phenolic OH excluding ortho intramolecular Hbond substituents is 2. The maximum atomic E-state index is 11.8. The molecule has 0 saturated carbocycles. The van der Waals surface area contributed by atoms with Crippen LogP contribution in [0.2, 0.25) is 0 Å². The first-order valence-electron chi connectivity index (χ1n) is 8.09. The SMILES string of the molecule is CNc1cc(S(=O)(=O)O)cc(N=Nc2c(S(=O)(=O)O)cc3ccccc3c2O)c1O. The zero-order valence-electron chi connectivity index (χ0n) is 15.2. The van der Waals surface area contributed by atoms with Gasteiger partial charge in [0.2, 0.25) is 0 Å². The Hall–Kier alpha value is -3.26. The van der Waals surface area contributed by atoms with Crippen molar-refractivity contribution in [1.82, 2.24) is 0 Å². The summed E-state index contributed by atoms with van der Waals surface area (Å²) in [6.07, 6.45) is 0. The molecule has 5 N–H and O–H groups in total. The fourth-order valence-electron chi connectivity index (χ4n) is 2.70. The standard InChI is InChI=1S/C17H15N3O8S2/c1-18-12-7-10(29(23,24)25)8-13(17(12)22)19-20-15-14(30(26,27)28)6-9-4-2-3-5-11(9)16(15)21/h2-8,18,21-22H,1H3,(H,23,24,25)(H,26,27,28). The number of nitrogens with zero attached hydrogens (tertiary/aromatic N) is 2. The lowest BCUT2D eigenvalue weighted by Crippen LogP contribution is -2.00. The quantitative estimate of drug-likeness (QED) is 0.220. The summed E-state index contributed by atoms with van der Waals surface area (Å²) in [4.78, 5) is -1.36. The maximum Gasteiger partial charge on any atom is 0.296 e. The van der Waals surface area contributed by atoms with E-state index in [1.807, 2.05) is 0 Å². The summed E-state index contributed by atoms with van der Waals surface area (Å²) in [5, 5.41) is 31.0. The van der Waals surface area contributed by atoms with Crippen LogP contribution in [0.3, 0.4) is 0 Å². The predicted octanol–water partition coefficient (Wildman–Crippen LogP) is 3.20. The smallest absolute Gasteiger partial charge is 0.296 e. The summed E-state index contributed by atoms with van der Waals surface area (Å²) in [5.41, 5.74) is -1.20. The molecule has 0 unspecified atom stereocenters. The first-order valence-corrected chi connectivity index (χ1v) is 11.0. The van der Waals surface area contributed by atoms with Crippen LogP contribution in [-0.2, 0) is 20.2 Å². The van der Waals surface area contributed by atoms with E-state index in [0.29, 0.717) is 5.39 Å². The van der Waals surface area contributed by atoms with Crippen LogP contribution in [0.25, 0.3) is 10.8 Å². The summed E-state index contributed by atoms with van der Waals surface area (Å²) in [6, 6.07) is 8.97. The summed E-state index contributed by atoms with van der Waals surface area (Å²) in [7, 11) is -8.12. The Morgan fingerprint density at radius 1 is 0.867 bits per heavy atom. The number of phenols is 2. The summed E-state index contributed by atoms with van der Waals surface area (Å²) in [5.74, 6) is -1.16. The van der Waals surface area contributed by atoms with Crippen molar-refractivity contribution in [2.75, 3.05) is 12.4 Å². The van der Waals surface area contributed by atoms with Crippen LogP contribution >= 0.6 is 0 Å². The first-order chi connectivity index (χ1) is 13.9. The summed E-state index contributed by atoms with van der Waals surface area (Å²) >= 11 is 0. The molecular formula is C17H15N3O8S2. The maximum absolute atomic E-state index is 11.8. The number of hydrogen-bond donors (Lipinski definition) is 5. The van der Waals surface area contributed by atoms with Crippen molar-refractivity contribution in [3.05, 3.63) is 42.5 Å². The molecule has 0 amide bonds. The number of aromatic hydroxyl groups is 2. The van der Waals surface area contributed by atoms with Gasteiger partial charge in [0.25, 0.3) is 20.2 Å². The number of fused-ring (bicyclic) bond motifs is 1. The third-order valence-electron chi connectivity index (χ3n) is 4.13. The minimum Gasteiger partial charge on any atom is -0.505 e. The Balaban J connectivity index is 2.28. The molecule has 0 bridgehead atoms. The highest BCUT2D eigenvalue weighted by Gasteiger charge is 2.22. The van der Waals surface area contributed by atoms with Crippen LogP contribution in [0, 0.1) is 0 Å². The van der Waals surface area contributed by atoms with Gasteiger partial charge in [-0.05, 0) is 23.6 Å². The molecular weight excluding hydrogens is 438 g/mol. The van der Waals surface area contributed by atoms with Gasteiger partial charge >= 0.3 is 0 Å². The number of hydrogen-bond acceptors (Lipinski definition) is 9. The van der Waals surface area contributed by atoms with Gasteiger partial charge in [-0.3, -0.25) is 9.11 Å². The average molecular weight is 453 g/mol. The Kier molecular flexibility index (Phi) is 5.38. The molecule has 158 valence electrons. The van der Waals surface area contributed by atoms with Gasteiger partial charge in [-0.2, -0.15) is 16.8 Å². The fraction of sp³-hybridized carbons (Fsp3) is 0.0588. The zero-order chi connectivity index (χ0) is 22.3. The van der Waals surface area contributed by atoms with Crippen LogP contribution in [-0.4, -0.2) is 43.2 Å². The van der Waals surface area contributed by atoms with Gasteiger partial charge in [0.05, 0.1) is 10.6 Å². The van der Waals surface area contributed by atoms with E-state index in [-0.39, 0.29) is 11.1 Å². The number of azo groups is 1. The molecule has 3 aromatic carbocycles. The second-order valence-electron chi connectivity index (χ2n) is 6.03. The minimum absolute atomic E-state index is 0.114. The van der Waals surface area contributed by atoms with Crippen molar-refractivity contribution in [3.63, 3.8) is 0 Å². The fourth-order valence-corrected chi connectivity index (χ4v) is 3.88. The number of anilines is 1. The Labute approximate surface area is 170 Å². The largest absolute Gasteiger partial charge is 0.505 e. The van der Waals surface area contributed by atoms with Crippen LogP contribution in [0.5, 0.6) is 11.5 Å². The van der Waals surface area contributed by atoms with Crippen LogP contribution in [0.4, 0.5) is 17.1 Å². The lowest BCUT2D eigenvalue weighted by atomic mass is 10.1. The van der Waals surface area contributed by atoms with Crippen molar-refractivity contribution in [2.45, 2.75) is 9.79 Å². The molecule has 3 rings (SSSR count). The number of benzene rings is 3. The molecule has 0 aliphatic carbocycles. The zero-order valence-corrected chi connectivity index (χ0v) is 16.8. The van der Waals surface area contributed by atoms with Crippen molar-refractivity contribution < 1.29 is 36.2 Å². The molecule has 11 nitrogen and oxygen atoms in total. The van der Waals surface area contributed by atoms with Gasteiger partial charge in [0, 0.05) is 12.4 Å². The molecule has 0 spiro atoms. The molecule has 0 fully saturated rings. The third-order valence-corrected chi connectivity index (χ3v) is 5.82. The predicted molar refractivity (Wildman–Crippen MR) is 107 cm³/mol. The molecule has 0 radical (unpaired) electrons. The lowest BCUT2D eigenvalue weighted by Gasteiger charge is -2.10. The van der Waals surface area contributed by atoms with Gasteiger partial charge in [0.15, 0.2) is 11.5 Å². The third kappa shape index (κ3) is 4.04. The molecule has 0 saturated heterocycles. The van der Waals surface area contributed by atoms with E-state index in [0.717, 1.165) is 18.2 Å². The van der Waals surface area contributed by atoms with E-state index >= 15 is 0 Å². The van der Waals surface area contributed by atoms with Crippen molar-refractivity contribution in [3.8, 4) is 11.5 Å². The van der Waals surface area contributed by atoms with Gasteiger partial charge in [-0.1, -0.05) is 24.3 Å². The van der Waals surface area contributed by atoms with Crippen molar-refractivity contribution in [2.24, 2.45) is 10.2 Å². The molecule has 0 aliphatic heterocycles. The Bertz CT molecular complexity index is 1400. The van der Waals surface area contributed by atoms with Crippen molar-refractivity contribution >= 4 is 48.1 Å². The summed E-state index contributed by atoms with van der Waals surface area (Å²) < 4.78 is 65.2. The van der Waals surface area contributed by atoms with Crippen LogP contribution in [0.15, 0.2) is 62.5 Å². The van der Waals surface area contributed by atoms with E-state index in [2.05, 4.69) is 15.5 Å². The molecule has 0 atom stereocenters. The lowest BCUT2D eigenvalue weighted by molar-refractivity contribution is 0.471. The normalized spacial score (nSPS) is 12.5. The van der Waals surface area contributed by atoms with E-state index in [4.69, 9.17) is 0 Å². The van der Waals surface area contributed by atoms with E-state index in [9.17, 15) is 36.2 Å². The molecule has 3 aromatic rings. The first kappa shape index (κ1) is 21.4. The van der Waals surface area contributed by atoms with Crippen molar-refractivity contribution in [1.29, 1.82) is 0 Å². The topological polar surface area (TPSA) is 186 Å². The highest BCUT2D eigenvalue weighted by molar-refractivity contribution is 7.86. The molecule has 30 heavy (non-hydrogen) atoms. The van der Waals surface area contributed by atoms with Gasteiger partial charge in [-0.15, -0.1) is 10.2 Å². The molecule has 0 aliphatic rings. The Morgan fingerprint density at radius 2 is 1.53 bits per heavy atom. The Morgan fingerprint density at radius 3 is 2.13 bits per heavy atom. The van der Waals surface area contributed by atoms with E-state index in [1.165, 1.54) is 19.2 Å². The average Bonchev–Trinajstić information content (AvgIpc) is 2.66. The molecule has 0 aromatic heterocycles. The number of rotatable bonds is 5. The number of nitrogens with one attached hydrogen (secondary N) is 1. The van der Waals surface area contributed by atoms with E-state index < -0.39 is 52.9 Å². The van der Waals surface area contributed by atoms with Gasteiger partial charge in [0.1, 0.15) is 16.3 Å². The highest BCUT2D eigenvalue weighted by Crippen LogP contribution is 2.43. The second kappa shape index (κ2) is 7.53.